The third-order valence-electron chi connectivity index (χ3n) is 4.76. The van der Waals surface area contributed by atoms with E-state index in [2.05, 4.69) is 4.90 Å². The number of hydrogen-bond acceptors (Lipinski definition) is 3. The second-order valence-corrected chi connectivity index (χ2v) is 8.45. The second kappa shape index (κ2) is 7.76. The summed E-state index contributed by atoms with van der Waals surface area (Å²) >= 11 is 13.9. The van der Waals surface area contributed by atoms with Gasteiger partial charge in [0.2, 0.25) is 0 Å². The number of rotatable bonds is 3. The first-order chi connectivity index (χ1) is 13.0. The fraction of sp³-hybridized carbons (Fsp3) is 0.250. The van der Waals surface area contributed by atoms with Gasteiger partial charge in [-0.05, 0) is 29.8 Å². The van der Waals surface area contributed by atoms with Gasteiger partial charge in [0.15, 0.2) is 0 Å². The van der Waals surface area contributed by atoms with Gasteiger partial charge < -0.3 is 4.90 Å². The van der Waals surface area contributed by atoms with Gasteiger partial charge in [0.05, 0.1) is 5.02 Å². The van der Waals surface area contributed by atoms with Crippen molar-refractivity contribution >= 4 is 50.5 Å². The fourth-order valence-electron chi connectivity index (χ4n) is 3.28. The van der Waals surface area contributed by atoms with Crippen LogP contribution in [0.5, 0.6) is 0 Å². The van der Waals surface area contributed by atoms with Crippen LogP contribution in [0, 0.1) is 5.82 Å². The Morgan fingerprint density at radius 3 is 2.44 bits per heavy atom. The van der Waals surface area contributed by atoms with Crippen LogP contribution < -0.4 is 0 Å². The molecule has 1 fully saturated rings. The number of thiophene rings is 1. The van der Waals surface area contributed by atoms with Gasteiger partial charge >= 0.3 is 0 Å². The van der Waals surface area contributed by atoms with E-state index in [0.29, 0.717) is 28.0 Å². The van der Waals surface area contributed by atoms with Gasteiger partial charge in [0, 0.05) is 47.8 Å². The van der Waals surface area contributed by atoms with E-state index in [1.807, 2.05) is 17.0 Å². The van der Waals surface area contributed by atoms with Gasteiger partial charge in [-0.1, -0.05) is 41.4 Å². The summed E-state index contributed by atoms with van der Waals surface area (Å²) in [6, 6.07) is 12.0. The van der Waals surface area contributed by atoms with E-state index in [-0.39, 0.29) is 11.7 Å². The first-order valence-corrected chi connectivity index (χ1v) is 10.2. The minimum Gasteiger partial charge on any atom is -0.335 e. The van der Waals surface area contributed by atoms with Crippen LogP contribution in [0.1, 0.15) is 15.2 Å². The average Bonchev–Trinajstić information content (AvgIpc) is 2.99. The maximum absolute atomic E-state index is 13.0. The molecule has 0 N–H and O–H groups in total. The quantitative estimate of drug-likeness (QED) is 0.571. The van der Waals surface area contributed by atoms with Crippen molar-refractivity contribution in [2.24, 2.45) is 0 Å². The Morgan fingerprint density at radius 2 is 1.74 bits per heavy atom. The lowest BCUT2D eigenvalue weighted by atomic mass is 10.2. The molecular weight excluding hydrogens is 406 g/mol. The molecule has 1 amide bonds. The molecule has 0 radical (unpaired) electrons. The molecule has 2 heterocycles. The zero-order chi connectivity index (χ0) is 19.0. The predicted molar refractivity (Wildman–Crippen MR) is 109 cm³/mol. The molecule has 3 aromatic rings. The Morgan fingerprint density at radius 1 is 1.04 bits per heavy atom. The summed E-state index contributed by atoms with van der Waals surface area (Å²) in [5.41, 5.74) is 1.07. The number of halogens is 3. The van der Waals surface area contributed by atoms with Crippen molar-refractivity contribution < 1.29 is 9.18 Å². The van der Waals surface area contributed by atoms with Crippen LogP contribution in [-0.4, -0.2) is 41.9 Å². The van der Waals surface area contributed by atoms with Gasteiger partial charge in [0.1, 0.15) is 10.7 Å². The zero-order valence-corrected chi connectivity index (χ0v) is 16.8. The van der Waals surface area contributed by atoms with Crippen LogP contribution in [0.3, 0.4) is 0 Å². The van der Waals surface area contributed by atoms with Crippen LogP contribution in [0.4, 0.5) is 4.39 Å². The standard InChI is InChI=1S/C20H17Cl2FN2OS/c21-14-3-6-16-17(11-14)27-19(18(16)22)20(26)25-9-7-24(8-10-25)12-13-1-4-15(23)5-2-13/h1-6,11H,7-10,12H2. The topological polar surface area (TPSA) is 23.6 Å². The Hall–Kier alpha value is -1.66. The first-order valence-electron chi connectivity index (χ1n) is 8.65. The minimum absolute atomic E-state index is 0.0289. The highest BCUT2D eigenvalue weighted by Crippen LogP contribution is 2.37. The molecule has 1 aliphatic heterocycles. The fourth-order valence-corrected chi connectivity index (χ4v) is 5.03. The van der Waals surface area contributed by atoms with E-state index in [1.165, 1.54) is 23.5 Å². The summed E-state index contributed by atoms with van der Waals surface area (Å²) in [6.07, 6.45) is 0. The summed E-state index contributed by atoms with van der Waals surface area (Å²) in [5.74, 6) is -0.255. The van der Waals surface area contributed by atoms with Crippen LogP contribution in [0.15, 0.2) is 42.5 Å². The second-order valence-electron chi connectivity index (χ2n) is 6.58. The molecule has 27 heavy (non-hydrogen) atoms. The Kier molecular flexibility index (Phi) is 5.37. The number of carbonyl (C=O) groups is 1. The number of fused-ring (bicyclic) bond motifs is 1. The number of piperazine rings is 1. The lowest BCUT2D eigenvalue weighted by Crippen LogP contribution is -2.48. The molecular formula is C20H17Cl2FN2OS. The number of nitrogens with zero attached hydrogens (tertiary/aromatic N) is 2. The van der Waals surface area contributed by atoms with E-state index in [0.717, 1.165) is 35.3 Å². The van der Waals surface area contributed by atoms with E-state index >= 15 is 0 Å². The van der Waals surface area contributed by atoms with Crippen molar-refractivity contribution in [3.8, 4) is 0 Å². The van der Waals surface area contributed by atoms with Crippen LogP contribution in [0.25, 0.3) is 10.1 Å². The molecule has 140 valence electrons. The smallest absolute Gasteiger partial charge is 0.265 e. The number of carbonyl (C=O) groups excluding carboxylic acids is 1. The number of amides is 1. The molecule has 1 aliphatic rings. The van der Waals surface area contributed by atoms with E-state index in [9.17, 15) is 9.18 Å². The third-order valence-corrected chi connectivity index (χ3v) is 6.64. The lowest BCUT2D eigenvalue weighted by Gasteiger charge is -2.34. The minimum atomic E-state index is -0.226. The summed E-state index contributed by atoms with van der Waals surface area (Å²) in [4.78, 5) is 17.6. The molecule has 0 aliphatic carbocycles. The molecule has 1 aromatic heterocycles. The van der Waals surface area contributed by atoms with Crippen molar-refractivity contribution in [1.82, 2.24) is 9.80 Å². The number of benzene rings is 2. The maximum atomic E-state index is 13.0. The Bertz CT molecular complexity index is 982. The molecule has 2 aromatic carbocycles. The highest BCUT2D eigenvalue weighted by Gasteiger charge is 2.26. The van der Waals surface area contributed by atoms with Crippen molar-refractivity contribution in [3.63, 3.8) is 0 Å². The van der Waals surface area contributed by atoms with Gasteiger partial charge in [-0.3, -0.25) is 9.69 Å². The molecule has 7 heteroatoms. The van der Waals surface area contributed by atoms with Gasteiger partial charge in [-0.15, -0.1) is 11.3 Å². The molecule has 0 spiro atoms. The van der Waals surface area contributed by atoms with Gasteiger partial charge in [-0.2, -0.15) is 0 Å². The summed E-state index contributed by atoms with van der Waals surface area (Å²) in [6.45, 7) is 3.59. The molecule has 4 rings (SSSR count). The van der Waals surface area contributed by atoms with Crippen molar-refractivity contribution in [1.29, 1.82) is 0 Å². The van der Waals surface area contributed by atoms with E-state index in [1.54, 1.807) is 18.2 Å². The summed E-state index contributed by atoms with van der Waals surface area (Å²) in [7, 11) is 0. The molecule has 1 saturated heterocycles. The van der Waals surface area contributed by atoms with E-state index in [4.69, 9.17) is 23.2 Å². The van der Waals surface area contributed by atoms with E-state index < -0.39 is 0 Å². The Labute approximate surface area is 170 Å². The SMILES string of the molecule is O=C(c1sc2cc(Cl)ccc2c1Cl)N1CCN(Cc2ccc(F)cc2)CC1. The van der Waals surface area contributed by atoms with Crippen LogP contribution in [0.2, 0.25) is 10.0 Å². The molecule has 0 bridgehead atoms. The van der Waals surface area contributed by atoms with Crippen molar-refractivity contribution in [3.05, 3.63) is 68.8 Å². The lowest BCUT2D eigenvalue weighted by molar-refractivity contribution is 0.0633. The summed E-state index contributed by atoms with van der Waals surface area (Å²) in [5, 5.41) is 2.00. The predicted octanol–water partition coefficient (Wildman–Crippen LogP) is 5.31. The Balaban J connectivity index is 1.43. The first kappa shape index (κ1) is 18.7. The van der Waals surface area contributed by atoms with Gasteiger partial charge in [-0.25, -0.2) is 4.39 Å². The highest BCUT2D eigenvalue weighted by molar-refractivity contribution is 7.21. The van der Waals surface area contributed by atoms with Crippen LogP contribution >= 0.6 is 34.5 Å². The zero-order valence-electron chi connectivity index (χ0n) is 14.4. The largest absolute Gasteiger partial charge is 0.335 e. The van der Waals surface area contributed by atoms with Crippen molar-refractivity contribution in [2.75, 3.05) is 26.2 Å². The highest BCUT2D eigenvalue weighted by atomic mass is 35.5. The molecule has 0 unspecified atom stereocenters. The molecule has 0 saturated carbocycles. The molecule has 0 atom stereocenters. The third kappa shape index (κ3) is 3.97. The maximum Gasteiger partial charge on any atom is 0.265 e. The average molecular weight is 423 g/mol. The normalized spacial score (nSPS) is 15.4. The van der Waals surface area contributed by atoms with Gasteiger partial charge in [0.25, 0.3) is 5.91 Å². The van der Waals surface area contributed by atoms with Crippen LogP contribution in [-0.2, 0) is 6.54 Å². The summed E-state index contributed by atoms with van der Waals surface area (Å²) < 4.78 is 13.9. The number of hydrogen-bond donors (Lipinski definition) is 0. The monoisotopic (exact) mass is 422 g/mol. The molecule has 3 nitrogen and oxygen atoms in total. The van der Waals surface area contributed by atoms with Crippen molar-refractivity contribution in [2.45, 2.75) is 6.54 Å².